The van der Waals surface area contributed by atoms with E-state index in [2.05, 4.69) is 38.2 Å². The minimum Gasteiger partial charge on any atom is -0.449 e. The molecule has 9 atom stereocenters. The van der Waals surface area contributed by atoms with Crippen LogP contribution in [-0.2, 0) is 11.2 Å². The lowest BCUT2D eigenvalue weighted by Crippen LogP contribution is -2.54. The van der Waals surface area contributed by atoms with Crippen LogP contribution in [0.5, 0.6) is 0 Å². The van der Waals surface area contributed by atoms with Crippen LogP contribution in [0.15, 0.2) is 30.3 Å². The number of amides is 1. The van der Waals surface area contributed by atoms with Gasteiger partial charge < -0.3 is 15.2 Å². The fourth-order valence-corrected chi connectivity index (χ4v) is 10.8. The summed E-state index contributed by atoms with van der Waals surface area (Å²) >= 11 is 0. The predicted molar refractivity (Wildman–Crippen MR) is 163 cm³/mol. The smallest absolute Gasteiger partial charge is 0.407 e. The average molecular weight is 552 g/mol. The van der Waals surface area contributed by atoms with E-state index >= 15 is 0 Å². The average Bonchev–Trinajstić information content (AvgIpc) is 3.26. The van der Waals surface area contributed by atoms with Crippen LogP contribution >= 0.6 is 0 Å². The van der Waals surface area contributed by atoms with Gasteiger partial charge in [0.15, 0.2) is 0 Å². The highest BCUT2D eigenvalue weighted by atomic mass is 16.5. The van der Waals surface area contributed by atoms with Crippen LogP contribution in [0.3, 0.4) is 0 Å². The molecule has 0 bridgehead atoms. The fraction of sp³-hybridized carbons (Fsp3) is 0.806. The number of ether oxygens (including phenoxy) is 1. The molecule has 224 valence electrons. The molecule has 0 aliphatic heterocycles. The zero-order valence-corrected chi connectivity index (χ0v) is 26.1. The number of aliphatic hydroxyl groups is 1. The van der Waals surface area contributed by atoms with Gasteiger partial charge in [0.2, 0.25) is 0 Å². The lowest BCUT2D eigenvalue weighted by atomic mass is 9.43. The Morgan fingerprint density at radius 1 is 1.02 bits per heavy atom. The van der Waals surface area contributed by atoms with Gasteiger partial charge in [-0.2, -0.15) is 0 Å². The van der Waals surface area contributed by atoms with Crippen molar-refractivity contribution >= 4 is 6.09 Å². The maximum absolute atomic E-state index is 12.3. The second kappa shape index (κ2) is 12.0. The highest BCUT2D eigenvalue weighted by Crippen LogP contribution is 2.68. The summed E-state index contributed by atoms with van der Waals surface area (Å²) in [6.45, 7) is 12.9. The largest absolute Gasteiger partial charge is 0.449 e. The zero-order valence-electron chi connectivity index (χ0n) is 26.1. The predicted octanol–water partition coefficient (Wildman–Crippen LogP) is 8.42. The van der Waals surface area contributed by atoms with E-state index in [0.29, 0.717) is 35.8 Å². The van der Waals surface area contributed by atoms with Crippen LogP contribution in [0.25, 0.3) is 0 Å². The van der Waals surface area contributed by atoms with Gasteiger partial charge >= 0.3 is 6.09 Å². The summed E-state index contributed by atoms with van der Waals surface area (Å²) in [5, 5.41) is 13.5. The van der Waals surface area contributed by atoms with E-state index in [-0.39, 0.29) is 6.09 Å². The third-order valence-electron chi connectivity index (χ3n) is 12.7. The van der Waals surface area contributed by atoms with Gasteiger partial charge in [0.1, 0.15) is 0 Å². The second-order valence-corrected chi connectivity index (χ2v) is 15.6. The van der Waals surface area contributed by atoms with Crippen molar-refractivity contribution in [2.24, 2.45) is 52.3 Å². The van der Waals surface area contributed by atoms with Crippen LogP contribution < -0.4 is 5.32 Å². The molecule has 0 spiro atoms. The maximum atomic E-state index is 12.3. The van der Waals surface area contributed by atoms with Gasteiger partial charge in [0, 0.05) is 13.0 Å². The molecule has 40 heavy (non-hydrogen) atoms. The Morgan fingerprint density at radius 3 is 2.50 bits per heavy atom. The van der Waals surface area contributed by atoms with Gasteiger partial charge in [-0.25, -0.2) is 4.79 Å². The first-order chi connectivity index (χ1) is 19.0. The van der Waals surface area contributed by atoms with Crippen LogP contribution in [0, 0.1) is 52.3 Å². The molecule has 1 aromatic rings. The van der Waals surface area contributed by atoms with Gasteiger partial charge in [-0.15, -0.1) is 0 Å². The van der Waals surface area contributed by atoms with Crippen LogP contribution in [0.4, 0.5) is 4.79 Å². The third-order valence-corrected chi connectivity index (χ3v) is 12.7. The summed E-state index contributed by atoms with van der Waals surface area (Å²) in [5.74, 6) is 5.63. The molecular weight excluding hydrogens is 494 g/mol. The first-order valence-electron chi connectivity index (χ1n) is 16.7. The van der Waals surface area contributed by atoms with Gasteiger partial charge in [0.25, 0.3) is 0 Å². The number of hydrogen-bond donors (Lipinski definition) is 2. The Hall–Kier alpha value is -1.55. The third kappa shape index (κ3) is 6.27. The molecule has 4 fully saturated rings. The molecule has 1 amide bonds. The number of hydrogen-bond acceptors (Lipinski definition) is 3. The van der Waals surface area contributed by atoms with Crippen LogP contribution in [0.1, 0.15) is 111 Å². The molecule has 4 saturated carbocycles. The van der Waals surface area contributed by atoms with E-state index < -0.39 is 5.60 Å². The fourth-order valence-electron chi connectivity index (χ4n) is 10.8. The summed E-state index contributed by atoms with van der Waals surface area (Å²) in [6.07, 6.45) is 14.9. The molecule has 5 rings (SSSR count). The number of rotatable bonds is 9. The van der Waals surface area contributed by atoms with Crippen molar-refractivity contribution in [1.29, 1.82) is 0 Å². The molecule has 4 aliphatic rings. The van der Waals surface area contributed by atoms with Gasteiger partial charge in [-0.05, 0) is 142 Å². The van der Waals surface area contributed by atoms with Crippen molar-refractivity contribution in [3.8, 4) is 0 Å². The monoisotopic (exact) mass is 551 g/mol. The minimum absolute atomic E-state index is 0.276. The maximum Gasteiger partial charge on any atom is 0.407 e. The Morgan fingerprint density at radius 2 is 1.75 bits per heavy atom. The molecule has 0 heterocycles. The van der Waals surface area contributed by atoms with Gasteiger partial charge in [-0.1, -0.05) is 51.1 Å². The number of nitrogens with one attached hydrogen (secondary N) is 1. The summed E-state index contributed by atoms with van der Waals surface area (Å²) in [7, 11) is 0. The van der Waals surface area contributed by atoms with E-state index in [1.807, 2.05) is 32.0 Å². The van der Waals surface area contributed by atoms with Crippen molar-refractivity contribution in [1.82, 2.24) is 5.32 Å². The lowest BCUT2D eigenvalue weighted by Gasteiger charge is -2.61. The Bertz CT molecular complexity index is 988. The van der Waals surface area contributed by atoms with Gasteiger partial charge in [-0.3, -0.25) is 0 Å². The van der Waals surface area contributed by atoms with E-state index in [0.717, 1.165) is 48.9 Å². The van der Waals surface area contributed by atoms with Crippen molar-refractivity contribution in [2.45, 2.75) is 117 Å². The molecule has 2 N–H and O–H groups in total. The van der Waals surface area contributed by atoms with Crippen molar-refractivity contribution in [3.05, 3.63) is 35.9 Å². The van der Waals surface area contributed by atoms with Gasteiger partial charge in [0.05, 0.1) is 12.2 Å². The summed E-state index contributed by atoms with van der Waals surface area (Å²) in [6, 6.07) is 10.2. The van der Waals surface area contributed by atoms with Crippen molar-refractivity contribution in [3.63, 3.8) is 0 Å². The Balaban J connectivity index is 1.11. The van der Waals surface area contributed by atoms with Crippen LogP contribution in [0.2, 0.25) is 0 Å². The van der Waals surface area contributed by atoms with E-state index in [4.69, 9.17) is 4.74 Å². The quantitative estimate of drug-likeness (QED) is 0.324. The Labute approximate surface area is 244 Å². The normalized spacial score (nSPS) is 38.0. The number of benzene rings is 1. The molecule has 0 saturated heterocycles. The highest BCUT2D eigenvalue weighted by molar-refractivity contribution is 5.67. The topological polar surface area (TPSA) is 58.6 Å². The first kappa shape index (κ1) is 29.9. The molecular formula is C36H57NO3. The van der Waals surface area contributed by atoms with E-state index in [1.165, 1.54) is 63.4 Å². The van der Waals surface area contributed by atoms with Crippen LogP contribution in [-0.4, -0.2) is 30.0 Å². The zero-order chi connectivity index (χ0) is 28.5. The molecule has 1 aromatic carbocycles. The first-order valence-corrected chi connectivity index (χ1v) is 16.7. The lowest BCUT2D eigenvalue weighted by molar-refractivity contribution is -0.124. The van der Waals surface area contributed by atoms with Crippen molar-refractivity contribution < 1.29 is 14.6 Å². The molecule has 0 aromatic heterocycles. The number of fused-ring (bicyclic) bond motifs is 5. The molecule has 0 unspecified atom stereocenters. The van der Waals surface area contributed by atoms with E-state index in [9.17, 15) is 9.90 Å². The number of alkyl carbamates (subject to hydrolysis) is 1. The Kier molecular flexibility index (Phi) is 8.96. The molecule has 4 nitrogen and oxygen atoms in total. The number of carbonyl (C=O) groups excluding carboxylic acids is 1. The highest BCUT2D eigenvalue weighted by Gasteiger charge is 2.60. The summed E-state index contributed by atoms with van der Waals surface area (Å²) in [5.41, 5.74) is 1.63. The standard InChI is InChI=1S/C36H57NO3/c1-25(17-21-37-33(38)40-22-18-26-9-7-6-8-10-26)30-13-14-31-29-12-11-28-23-27(24-34(2,3)39)15-19-35(28,4)32(29)16-20-36(30,31)5/h6-10,25,27-32,39H,11-24H2,1-5H3,(H,37,38)/t25-,27-,28-,29+,30-,31+,32+,35+,36-/m1/s1. The summed E-state index contributed by atoms with van der Waals surface area (Å²) in [4.78, 5) is 12.3. The molecule has 0 radical (unpaired) electrons. The van der Waals surface area contributed by atoms with E-state index in [1.54, 1.807) is 0 Å². The minimum atomic E-state index is -0.532. The molecule has 4 heteroatoms. The summed E-state index contributed by atoms with van der Waals surface area (Å²) < 4.78 is 5.44. The van der Waals surface area contributed by atoms with Crippen molar-refractivity contribution in [2.75, 3.05) is 13.2 Å². The second-order valence-electron chi connectivity index (χ2n) is 15.6. The SMILES string of the molecule is C[C@H](CCNC(=O)OCCc1ccccc1)[C@H]1CC[C@H]2[C@@H]3CC[C@@H]4C[C@H](CC(C)(C)O)CC[C@]4(C)[C@H]3CC[C@]12C. The number of carbonyl (C=O) groups is 1. The molecule has 4 aliphatic carbocycles.